The molecule has 0 radical (unpaired) electrons. The number of rotatable bonds is 26. The molecule has 8 saturated carbocycles. The van der Waals surface area contributed by atoms with E-state index in [1.807, 2.05) is 0 Å². The van der Waals surface area contributed by atoms with Crippen molar-refractivity contribution in [2.24, 2.45) is 80.8 Å². The maximum Gasteiger partial charge on any atom is 0.407 e. The van der Waals surface area contributed by atoms with E-state index in [1.165, 1.54) is 56.4 Å². The van der Waals surface area contributed by atoms with Crippen LogP contribution >= 0.6 is 15.2 Å². The van der Waals surface area contributed by atoms with Crippen LogP contribution in [0.2, 0.25) is 0 Å². The molecule has 0 saturated heterocycles. The third kappa shape index (κ3) is 16.9. The first kappa shape index (κ1) is 77.9. The van der Waals surface area contributed by atoms with Gasteiger partial charge in [-0.2, -0.15) is 0 Å². The van der Waals surface area contributed by atoms with Gasteiger partial charge < -0.3 is 75.3 Å². The predicted octanol–water partition coefficient (Wildman–Crippen LogP) is 11.3. The lowest BCUT2D eigenvalue weighted by Crippen LogP contribution is -2.59. The number of hydrogen-bond donors (Lipinski definition) is 12. The number of nitro benzene ring substituents is 1. The Balaban J connectivity index is 0.000000246. The third-order valence-electron chi connectivity index (χ3n) is 26.4. The maximum atomic E-state index is 12.6. The van der Waals surface area contributed by atoms with E-state index < -0.39 is 98.3 Å². The minimum Gasteiger partial charge on any atom is -0.446 e. The van der Waals surface area contributed by atoms with Crippen LogP contribution in [0.4, 0.5) is 15.3 Å². The highest BCUT2D eigenvalue weighted by atomic mass is 31.2. The van der Waals surface area contributed by atoms with Crippen LogP contribution < -0.4 is 20.7 Å². The fourth-order valence-corrected chi connectivity index (χ4v) is 23.8. The van der Waals surface area contributed by atoms with Gasteiger partial charge in [0.1, 0.15) is 24.5 Å². The average molecular weight is 1400 g/mol. The molecular formula is C70H116N4O20P2. The number of non-ortho nitro benzene ring substituents is 1. The number of ether oxygens (including phenoxy) is 3. The topological polar surface area (TPSA) is 391 Å². The summed E-state index contributed by atoms with van der Waals surface area (Å²) in [5.74, 6) is 2.11. The molecule has 546 valence electrons. The van der Waals surface area contributed by atoms with Crippen LogP contribution in [0, 0.1) is 91.0 Å². The highest BCUT2D eigenvalue weighted by Gasteiger charge is 2.66. The Bertz CT molecular complexity index is 2920. The lowest BCUT2D eigenvalue weighted by Gasteiger charge is -2.62. The summed E-state index contributed by atoms with van der Waals surface area (Å²) in [6.45, 7) is 16.9. The standard InChI is InChI=1S/C36H54N2O8.C34H62N2O12P2/c1-5-6-7-8-17-36(4,42)31-14-13-27-26-21-30(39)29-20-25(15-18-34(29,2)28(26)16-19-35(27,31)3)46-33(41)37-22-32(40)45-24-11-9-23(10-12-24)38(43)44;1-5-6-7-8-14-33(4,40)28-11-10-24-23-20-27(37)26-19-22(12-16-31(26,2)25(23)13-17-32(24,28)3)48-30(39)36-21-29(38)35-18-9-15-34(41,49(42,43)44)50(45,46)47/h9-12,25-31,39,42H,5-8,13-22H2,1-4H3,(H,37,41);22-28,37,40-41H,5-21H2,1-4H3,(H,35,38)(H,36,39)(H2,42,43,44)(H2,45,46,47)/t25-,26-,27-,28-,29+,30-,31-,34+,35-,36-;22-,23-,24-,25-,26+,27-,28-,31+,32-,33-/m00/s1. The number of nitro groups is 1. The third-order valence-corrected chi connectivity index (χ3v) is 30.3. The van der Waals surface area contributed by atoms with Gasteiger partial charge in [-0.05, 0) is 229 Å². The first-order chi connectivity index (χ1) is 44.9. The number of esters is 1. The number of carbonyl (C=O) groups is 4. The number of nitrogens with zero attached hydrogens (tertiary/aromatic N) is 1. The minimum absolute atomic E-state index is 0.0261. The van der Waals surface area contributed by atoms with Crippen LogP contribution in [-0.2, 0) is 28.2 Å². The summed E-state index contributed by atoms with van der Waals surface area (Å²) in [5, 5.41) is 71.0. The van der Waals surface area contributed by atoms with Crippen LogP contribution in [0.5, 0.6) is 5.75 Å². The summed E-state index contributed by atoms with van der Waals surface area (Å²) < 4.78 is 39.5. The molecule has 0 aliphatic heterocycles. The molecule has 0 spiro atoms. The Morgan fingerprint density at radius 3 is 1.39 bits per heavy atom. The summed E-state index contributed by atoms with van der Waals surface area (Å²) in [5.41, 5.74) is -1.43. The maximum absolute atomic E-state index is 12.6. The zero-order chi connectivity index (χ0) is 70.6. The van der Waals surface area contributed by atoms with Gasteiger partial charge in [0.05, 0.1) is 34.9 Å². The quantitative estimate of drug-likeness (QED) is 0.0102. The molecule has 0 aromatic heterocycles. The largest absolute Gasteiger partial charge is 0.446 e. The Kier molecular flexibility index (Phi) is 25.3. The number of nitrogens with one attached hydrogen (secondary N) is 3. The van der Waals surface area contributed by atoms with E-state index in [1.54, 1.807) is 0 Å². The van der Waals surface area contributed by atoms with Gasteiger partial charge >= 0.3 is 33.3 Å². The van der Waals surface area contributed by atoms with E-state index in [-0.39, 0.29) is 69.9 Å². The minimum atomic E-state index is -5.58. The van der Waals surface area contributed by atoms with Crippen LogP contribution in [0.1, 0.15) is 235 Å². The fraction of sp³-hybridized carbons (Fsp3) is 0.857. The first-order valence-corrected chi connectivity index (χ1v) is 39.4. The molecule has 0 heterocycles. The summed E-state index contributed by atoms with van der Waals surface area (Å²) in [6.07, 6.45) is 20.7. The summed E-state index contributed by atoms with van der Waals surface area (Å²) in [7, 11) is -11.2. The van der Waals surface area contributed by atoms with Gasteiger partial charge in [0.15, 0.2) is 0 Å². The van der Waals surface area contributed by atoms with Gasteiger partial charge in [0, 0.05) is 25.1 Å². The lowest BCUT2D eigenvalue weighted by molar-refractivity contribution is -0.384. The van der Waals surface area contributed by atoms with E-state index in [0.29, 0.717) is 67.1 Å². The van der Waals surface area contributed by atoms with Crippen molar-refractivity contribution in [3.8, 4) is 5.75 Å². The predicted molar refractivity (Wildman–Crippen MR) is 359 cm³/mol. The van der Waals surface area contributed by atoms with Crippen molar-refractivity contribution in [2.45, 2.75) is 276 Å². The SMILES string of the molecule is CCCCCC[C@](C)(O)[C@H]1CC[C@H]2[C@@H]3C[C@H](O)[C@H]4C[C@@H](OC(=O)NCC(=O)NCCCC(O)(P(=O)(O)O)P(=O)(O)O)CC[C@]4(C)[C@H]3CC[C@@]21C.CCCCCC[C@](C)(O)[C@H]1CC[C@H]2[C@@H]3C[C@H](O)[C@H]4C[C@@H](OC(=O)NCC(=O)Oc5ccc([N+](=O)[O-])cc5)CC[C@]4(C)[C@H]3CC[C@@]21C. The molecule has 96 heavy (non-hydrogen) atoms. The van der Waals surface area contributed by atoms with Crippen LogP contribution in [0.25, 0.3) is 0 Å². The smallest absolute Gasteiger partial charge is 0.407 e. The molecular weight excluding hydrogens is 1280 g/mol. The molecule has 20 atom stereocenters. The Hall–Kier alpha value is -3.80. The Labute approximate surface area is 567 Å². The van der Waals surface area contributed by atoms with Crippen molar-refractivity contribution in [2.75, 3.05) is 19.6 Å². The van der Waals surface area contributed by atoms with Crippen molar-refractivity contribution in [1.82, 2.24) is 16.0 Å². The number of hydrogen-bond acceptors (Lipinski definition) is 16. The lowest BCUT2D eigenvalue weighted by atomic mass is 9.43. The fourth-order valence-electron chi connectivity index (χ4n) is 21.5. The van der Waals surface area contributed by atoms with Crippen LogP contribution in [-0.4, -0.2) is 134 Å². The number of alkyl carbamates (subject to hydrolysis) is 2. The molecule has 12 N–H and O–H groups in total. The van der Waals surface area contributed by atoms with Gasteiger partial charge in [-0.25, -0.2) is 14.4 Å². The number of amides is 3. The number of benzene rings is 1. The number of carbonyl (C=O) groups excluding carboxylic acids is 4. The van der Waals surface area contributed by atoms with Crippen molar-refractivity contribution in [3.63, 3.8) is 0 Å². The summed E-state index contributed by atoms with van der Waals surface area (Å²) in [4.78, 5) is 96.8. The van der Waals surface area contributed by atoms with Gasteiger partial charge in [-0.1, -0.05) is 92.9 Å². The highest BCUT2D eigenvalue weighted by molar-refractivity contribution is 7.72. The molecule has 3 amide bonds. The molecule has 24 nitrogen and oxygen atoms in total. The zero-order valence-corrected chi connectivity index (χ0v) is 60.0. The molecule has 1 aromatic carbocycles. The van der Waals surface area contributed by atoms with E-state index in [4.69, 9.17) is 14.2 Å². The van der Waals surface area contributed by atoms with Crippen molar-refractivity contribution in [3.05, 3.63) is 34.4 Å². The Morgan fingerprint density at radius 1 is 0.552 bits per heavy atom. The molecule has 26 heteroatoms. The van der Waals surface area contributed by atoms with Crippen molar-refractivity contribution >= 4 is 44.9 Å². The molecule has 1 aromatic rings. The van der Waals surface area contributed by atoms with Crippen LogP contribution in [0.3, 0.4) is 0 Å². The second kappa shape index (κ2) is 31.2. The van der Waals surface area contributed by atoms with Crippen LogP contribution in [0.15, 0.2) is 24.3 Å². The monoisotopic (exact) mass is 1390 g/mol. The highest BCUT2D eigenvalue weighted by Crippen LogP contribution is 2.72. The van der Waals surface area contributed by atoms with Gasteiger partial charge in [0.25, 0.3) is 10.8 Å². The van der Waals surface area contributed by atoms with E-state index in [9.17, 15) is 83.5 Å². The molecule has 0 bridgehead atoms. The number of unbranched alkanes of at least 4 members (excludes halogenated alkanes) is 6. The van der Waals surface area contributed by atoms with Crippen molar-refractivity contribution in [1.29, 1.82) is 0 Å². The molecule has 0 unspecified atom stereocenters. The van der Waals surface area contributed by atoms with Gasteiger partial charge in [-0.3, -0.25) is 24.0 Å². The number of aliphatic hydroxyl groups excluding tert-OH is 2. The number of fused-ring (bicyclic) bond motifs is 10. The van der Waals surface area contributed by atoms with E-state index in [0.717, 1.165) is 109 Å². The second-order valence-corrected chi connectivity index (χ2v) is 36.1. The average Bonchev–Trinajstić information content (AvgIpc) is 1.31. The molecule has 9 rings (SSSR count). The Morgan fingerprint density at radius 2 is 0.969 bits per heavy atom. The summed E-state index contributed by atoms with van der Waals surface area (Å²) >= 11 is 0. The molecule has 8 aliphatic rings. The summed E-state index contributed by atoms with van der Waals surface area (Å²) in [6, 6.07) is 5.12. The zero-order valence-electron chi connectivity index (χ0n) is 58.2. The second-order valence-electron chi connectivity index (χ2n) is 32.1. The van der Waals surface area contributed by atoms with Crippen molar-refractivity contribution < 1.29 is 92.5 Å². The molecule has 8 aliphatic carbocycles. The first-order valence-electron chi connectivity index (χ1n) is 36.1. The van der Waals surface area contributed by atoms with Gasteiger partial charge in [0.2, 0.25) is 5.91 Å². The number of aliphatic hydroxyl groups is 5. The van der Waals surface area contributed by atoms with E-state index in [2.05, 4.69) is 71.3 Å². The normalized spacial score (nSPS) is 36.0. The van der Waals surface area contributed by atoms with Gasteiger partial charge in [-0.15, -0.1) is 0 Å². The molecule has 8 fully saturated rings. The van der Waals surface area contributed by atoms with E-state index >= 15 is 0 Å².